The Morgan fingerprint density at radius 2 is 2.06 bits per heavy atom. The summed E-state index contributed by atoms with van der Waals surface area (Å²) in [7, 11) is 0. The van der Waals surface area contributed by atoms with Crippen molar-refractivity contribution in [3.8, 4) is 0 Å². The molecule has 2 nitrogen and oxygen atoms in total. The molecule has 1 rings (SSSR count). The molecule has 0 amide bonds. The zero-order valence-corrected chi connectivity index (χ0v) is 11.4. The minimum Gasteiger partial charge on any atom is -0.321 e. The van der Waals surface area contributed by atoms with E-state index >= 15 is 0 Å². The zero-order chi connectivity index (χ0) is 13.0. The lowest BCUT2D eigenvalue weighted by Crippen LogP contribution is -2.33. The quantitative estimate of drug-likeness (QED) is 0.876. The number of carbonyl (C=O) groups is 1. The maximum absolute atomic E-state index is 11.9. The van der Waals surface area contributed by atoms with Gasteiger partial charge in [-0.05, 0) is 36.5 Å². The molecular formula is C14H20ClNO. The Balaban J connectivity index is 2.67. The van der Waals surface area contributed by atoms with E-state index in [2.05, 4.69) is 13.8 Å². The van der Waals surface area contributed by atoms with E-state index in [1.54, 1.807) is 0 Å². The predicted octanol–water partition coefficient (Wildman–Crippen LogP) is 3.13. The Kier molecular flexibility index (Phi) is 5.16. The van der Waals surface area contributed by atoms with Crippen molar-refractivity contribution in [2.24, 2.45) is 11.7 Å². The van der Waals surface area contributed by atoms with Crippen molar-refractivity contribution in [3.05, 3.63) is 34.3 Å². The number of rotatable bonds is 5. The van der Waals surface area contributed by atoms with Gasteiger partial charge in [-0.1, -0.05) is 37.6 Å². The van der Waals surface area contributed by atoms with Crippen LogP contribution in [0.5, 0.6) is 0 Å². The van der Waals surface area contributed by atoms with Crippen LogP contribution in [-0.4, -0.2) is 11.8 Å². The molecule has 1 atom stereocenters. The molecule has 0 aromatic heterocycles. The van der Waals surface area contributed by atoms with Crippen LogP contribution in [0.2, 0.25) is 5.02 Å². The number of Topliss-reactive ketones (excluding diaryl/α,β-unsaturated/α-hetero) is 1. The van der Waals surface area contributed by atoms with Crippen LogP contribution in [0.15, 0.2) is 18.2 Å². The van der Waals surface area contributed by atoms with Crippen molar-refractivity contribution < 1.29 is 4.79 Å². The van der Waals surface area contributed by atoms with Gasteiger partial charge >= 0.3 is 0 Å². The third kappa shape index (κ3) is 4.49. The zero-order valence-electron chi connectivity index (χ0n) is 10.7. The van der Waals surface area contributed by atoms with Crippen LogP contribution in [0.3, 0.4) is 0 Å². The van der Waals surface area contributed by atoms with E-state index in [1.165, 1.54) is 0 Å². The number of halogens is 1. The van der Waals surface area contributed by atoms with Gasteiger partial charge in [0.15, 0.2) is 5.78 Å². The number of ketones is 1. The molecule has 3 heteroatoms. The van der Waals surface area contributed by atoms with E-state index in [0.29, 0.717) is 17.4 Å². The van der Waals surface area contributed by atoms with E-state index in [1.807, 2.05) is 25.1 Å². The fourth-order valence-corrected chi connectivity index (χ4v) is 2.06. The summed E-state index contributed by atoms with van der Waals surface area (Å²) >= 11 is 6.09. The number of carbonyl (C=O) groups excluding carboxylic acids is 1. The summed E-state index contributed by atoms with van der Waals surface area (Å²) in [6.07, 6.45) is 1.05. The minimum atomic E-state index is -0.382. The molecular weight excluding hydrogens is 234 g/mol. The van der Waals surface area contributed by atoms with Crippen molar-refractivity contribution >= 4 is 17.4 Å². The standard InChI is InChI=1S/C14H20ClNO/c1-9(2)6-13(16)14(17)8-11-5-4-10(3)7-12(11)15/h4-5,7,9,13H,6,8,16H2,1-3H3. The molecule has 2 N–H and O–H groups in total. The fourth-order valence-electron chi connectivity index (χ4n) is 1.75. The van der Waals surface area contributed by atoms with Crippen LogP contribution in [-0.2, 0) is 11.2 Å². The average molecular weight is 254 g/mol. The van der Waals surface area contributed by atoms with Gasteiger partial charge in [0.05, 0.1) is 6.04 Å². The summed E-state index contributed by atoms with van der Waals surface area (Å²) < 4.78 is 0. The van der Waals surface area contributed by atoms with Crippen LogP contribution in [0.25, 0.3) is 0 Å². The summed E-state index contributed by atoms with van der Waals surface area (Å²) in [4.78, 5) is 11.9. The third-order valence-corrected chi connectivity index (χ3v) is 3.06. The number of aryl methyl sites for hydroxylation is 1. The highest BCUT2D eigenvalue weighted by atomic mass is 35.5. The number of benzene rings is 1. The lowest BCUT2D eigenvalue weighted by molar-refractivity contribution is -0.120. The molecule has 17 heavy (non-hydrogen) atoms. The lowest BCUT2D eigenvalue weighted by Gasteiger charge is -2.13. The second-order valence-electron chi connectivity index (χ2n) is 4.97. The maximum Gasteiger partial charge on any atom is 0.153 e. The summed E-state index contributed by atoms with van der Waals surface area (Å²) in [5.74, 6) is 0.492. The van der Waals surface area contributed by atoms with Gasteiger partial charge in [-0.25, -0.2) is 0 Å². The Labute approximate surface area is 108 Å². The first-order chi connectivity index (χ1) is 7.90. The summed E-state index contributed by atoms with van der Waals surface area (Å²) in [6.45, 7) is 6.10. The van der Waals surface area contributed by atoms with Gasteiger partial charge < -0.3 is 5.73 Å². The van der Waals surface area contributed by atoms with Gasteiger partial charge in [0.1, 0.15) is 0 Å². The normalized spacial score (nSPS) is 12.8. The minimum absolute atomic E-state index is 0.0597. The van der Waals surface area contributed by atoms with Crippen molar-refractivity contribution in [1.29, 1.82) is 0 Å². The molecule has 0 fully saturated rings. The van der Waals surface area contributed by atoms with Crippen molar-refractivity contribution in [2.45, 2.75) is 39.7 Å². The summed E-state index contributed by atoms with van der Waals surface area (Å²) in [5.41, 5.74) is 7.81. The van der Waals surface area contributed by atoms with E-state index in [9.17, 15) is 4.79 Å². The molecule has 1 aromatic carbocycles. The van der Waals surface area contributed by atoms with Gasteiger partial charge in [-0.15, -0.1) is 0 Å². The monoisotopic (exact) mass is 253 g/mol. The molecule has 0 heterocycles. The highest BCUT2D eigenvalue weighted by Crippen LogP contribution is 2.19. The topological polar surface area (TPSA) is 43.1 Å². The van der Waals surface area contributed by atoms with Crippen molar-refractivity contribution in [2.75, 3.05) is 0 Å². The molecule has 0 bridgehead atoms. The summed E-state index contributed by atoms with van der Waals surface area (Å²) in [5, 5.41) is 0.648. The summed E-state index contributed by atoms with van der Waals surface area (Å²) in [6, 6.07) is 5.35. The Hall–Kier alpha value is -0.860. The fraction of sp³-hybridized carbons (Fsp3) is 0.500. The second-order valence-corrected chi connectivity index (χ2v) is 5.38. The number of hydrogen-bond acceptors (Lipinski definition) is 2. The molecule has 0 aliphatic carbocycles. The SMILES string of the molecule is Cc1ccc(CC(=O)C(N)CC(C)C)c(Cl)c1. The van der Waals surface area contributed by atoms with Crippen LogP contribution >= 0.6 is 11.6 Å². The third-order valence-electron chi connectivity index (χ3n) is 2.71. The first-order valence-corrected chi connectivity index (χ1v) is 6.31. The smallest absolute Gasteiger partial charge is 0.153 e. The predicted molar refractivity (Wildman–Crippen MR) is 72.3 cm³/mol. The van der Waals surface area contributed by atoms with Crippen LogP contribution in [0.4, 0.5) is 0 Å². The molecule has 0 saturated heterocycles. The Bertz CT molecular complexity index is 401. The molecule has 1 aromatic rings. The van der Waals surface area contributed by atoms with Gasteiger partial charge in [-0.3, -0.25) is 4.79 Å². The van der Waals surface area contributed by atoms with Crippen LogP contribution < -0.4 is 5.73 Å². The van der Waals surface area contributed by atoms with Crippen LogP contribution in [0.1, 0.15) is 31.4 Å². The molecule has 0 aliphatic heterocycles. The molecule has 0 saturated carbocycles. The highest BCUT2D eigenvalue weighted by Gasteiger charge is 2.16. The number of hydrogen-bond donors (Lipinski definition) is 1. The second kappa shape index (κ2) is 6.18. The van der Waals surface area contributed by atoms with E-state index < -0.39 is 0 Å². The largest absolute Gasteiger partial charge is 0.321 e. The first kappa shape index (κ1) is 14.2. The van der Waals surface area contributed by atoms with Gasteiger partial charge in [-0.2, -0.15) is 0 Å². The van der Waals surface area contributed by atoms with Crippen molar-refractivity contribution in [1.82, 2.24) is 0 Å². The van der Waals surface area contributed by atoms with E-state index in [-0.39, 0.29) is 11.8 Å². The first-order valence-electron chi connectivity index (χ1n) is 5.93. The lowest BCUT2D eigenvalue weighted by atomic mass is 9.96. The van der Waals surface area contributed by atoms with Crippen molar-refractivity contribution in [3.63, 3.8) is 0 Å². The number of nitrogens with two attached hydrogens (primary N) is 1. The van der Waals surface area contributed by atoms with Gasteiger partial charge in [0.2, 0.25) is 0 Å². The molecule has 94 valence electrons. The Morgan fingerprint density at radius 1 is 1.41 bits per heavy atom. The van der Waals surface area contributed by atoms with Gasteiger partial charge in [0, 0.05) is 11.4 Å². The highest BCUT2D eigenvalue weighted by molar-refractivity contribution is 6.31. The van der Waals surface area contributed by atoms with Crippen LogP contribution in [0, 0.1) is 12.8 Å². The average Bonchev–Trinajstić information content (AvgIpc) is 2.21. The molecule has 0 radical (unpaired) electrons. The van der Waals surface area contributed by atoms with E-state index in [4.69, 9.17) is 17.3 Å². The Morgan fingerprint density at radius 3 is 2.59 bits per heavy atom. The molecule has 1 unspecified atom stereocenters. The van der Waals surface area contributed by atoms with Gasteiger partial charge in [0.25, 0.3) is 0 Å². The molecule has 0 spiro atoms. The van der Waals surface area contributed by atoms with E-state index in [0.717, 1.165) is 17.5 Å². The molecule has 0 aliphatic rings. The maximum atomic E-state index is 11.9.